The van der Waals surface area contributed by atoms with Gasteiger partial charge in [-0.05, 0) is 43.0 Å². The zero-order valence-electron chi connectivity index (χ0n) is 15.8. The Morgan fingerprint density at radius 2 is 1.93 bits per heavy atom. The Kier molecular flexibility index (Phi) is 4.37. The van der Waals surface area contributed by atoms with Gasteiger partial charge in [0, 0.05) is 16.1 Å². The predicted molar refractivity (Wildman–Crippen MR) is 119 cm³/mol. The molecule has 29 heavy (non-hydrogen) atoms. The summed E-state index contributed by atoms with van der Waals surface area (Å²) in [6.45, 7) is 4.01. The van der Waals surface area contributed by atoms with Gasteiger partial charge >= 0.3 is 0 Å². The third kappa shape index (κ3) is 3.01. The van der Waals surface area contributed by atoms with E-state index in [9.17, 15) is 4.79 Å². The molecule has 0 bridgehead atoms. The summed E-state index contributed by atoms with van der Waals surface area (Å²) in [5.74, 6) is 0.665. The molecule has 0 saturated carbocycles. The molecule has 8 heteroatoms. The van der Waals surface area contributed by atoms with Crippen LogP contribution in [0.15, 0.2) is 58.4 Å². The lowest BCUT2D eigenvalue weighted by Gasteiger charge is -2.21. The van der Waals surface area contributed by atoms with Crippen molar-refractivity contribution in [1.29, 1.82) is 0 Å². The molecule has 4 heterocycles. The van der Waals surface area contributed by atoms with Crippen molar-refractivity contribution in [1.82, 2.24) is 19.5 Å². The number of pyridine rings is 1. The van der Waals surface area contributed by atoms with E-state index in [1.807, 2.05) is 49.6 Å². The lowest BCUT2D eigenvalue weighted by atomic mass is 10.1. The van der Waals surface area contributed by atoms with E-state index in [1.54, 1.807) is 21.4 Å². The number of thiazole rings is 1. The summed E-state index contributed by atoms with van der Waals surface area (Å²) < 4.78 is 2.78. The van der Waals surface area contributed by atoms with Crippen LogP contribution in [-0.2, 0) is 0 Å². The minimum Gasteiger partial charge on any atom is -0.360 e. The van der Waals surface area contributed by atoms with Gasteiger partial charge in [0.1, 0.15) is 16.7 Å². The maximum atomic E-state index is 13.5. The van der Waals surface area contributed by atoms with Gasteiger partial charge in [-0.25, -0.2) is 15.0 Å². The van der Waals surface area contributed by atoms with Gasteiger partial charge in [-0.3, -0.25) is 9.36 Å². The molecule has 5 aromatic rings. The van der Waals surface area contributed by atoms with Crippen molar-refractivity contribution < 1.29 is 0 Å². The fourth-order valence-electron chi connectivity index (χ4n) is 3.51. The Morgan fingerprint density at radius 3 is 2.76 bits per heavy atom. The van der Waals surface area contributed by atoms with Crippen molar-refractivity contribution in [2.75, 3.05) is 5.32 Å². The maximum Gasteiger partial charge on any atom is 0.264 e. The van der Waals surface area contributed by atoms with Crippen molar-refractivity contribution in [3.05, 3.63) is 75.2 Å². The van der Waals surface area contributed by atoms with Crippen molar-refractivity contribution in [2.24, 2.45) is 0 Å². The highest BCUT2D eigenvalue weighted by Crippen LogP contribution is 2.30. The Morgan fingerprint density at radius 1 is 1.10 bits per heavy atom. The number of fused-ring (bicyclic) bond motifs is 2. The minimum atomic E-state index is -0.172. The first-order chi connectivity index (χ1) is 14.1. The Bertz CT molecular complexity index is 1390. The molecule has 144 valence electrons. The maximum absolute atomic E-state index is 13.5. The molecule has 0 fully saturated rings. The van der Waals surface area contributed by atoms with Gasteiger partial charge in [0.2, 0.25) is 0 Å². The van der Waals surface area contributed by atoms with Gasteiger partial charge in [-0.1, -0.05) is 18.2 Å². The molecular weight excluding hydrogens is 402 g/mol. The molecule has 1 aromatic carbocycles. The van der Waals surface area contributed by atoms with Crippen LogP contribution < -0.4 is 10.9 Å². The second kappa shape index (κ2) is 7.06. The van der Waals surface area contributed by atoms with Crippen LogP contribution >= 0.6 is 22.7 Å². The summed E-state index contributed by atoms with van der Waals surface area (Å²) >= 11 is 3.07. The number of nitrogens with one attached hydrogen (secondary N) is 1. The molecule has 0 aliphatic heterocycles. The van der Waals surface area contributed by atoms with Gasteiger partial charge in [0.05, 0.1) is 16.9 Å². The van der Waals surface area contributed by atoms with Crippen molar-refractivity contribution in [3.8, 4) is 5.69 Å². The van der Waals surface area contributed by atoms with Crippen LogP contribution in [0.5, 0.6) is 0 Å². The molecule has 0 unspecified atom stereocenters. The normalized spacial score (nSPS) is 12.5. The predicted octanol–water partition coefficient (Wildman–Crippen LogP) is 4.93. The highest BCUT2D eigenvalue weighted by Gasteiger charge is 2.19. The van der Waals surface area contributed by atoms with Gasteiger partial charge in [-0.2, -0.15) is 0 Å². The van der Waals surface area contributed by atoms with Crippen LogP contribution in [0.25, 0.3) is 26.1 Å². The number of nitrogens with zero attached hydrogens (tertiary/aromatic N) is 4. The van der Waals surface area contributed by atoms with Crippen LogP contribution in [-0.4, -0.2) is 19.5 Å². The number of rotatable bonds is 4. The van der Waals surface area contributed by atoms with Crippen LogP contribution in [0.2, 0.25) is 0 Å². The number of anilines is 1. The number of para-hydroxylation sites is 1. The standard InChI is InChI=1S/C21H17N5OS2/c1-12-9-28-16-8-15(26(21(27)17(12)16)14-6-4-3-5-7-14)13(2)25-19-18-20(23-10-22-19)29-11-24-18/h3-11,13H,1-2H3,(H,22,23,25)/t13-/m0/s1. The van der Waals surface area contributed by atoms with Crippen molar-refractivity contribution in [3.63, 3.8) is 0 Å². The average Bonchev–Trinajstić information content (AvgIpc) is 3.36. The van der Waals surface area contributed by atoms with Crippen molar-refractivity contribution in [2.45, 2.75) is 19.9 Å². The summed E-state index contributed by atoms with van der Waals surface area (Å²) in [4.78, 5) is 27.3. The van der Waals surface area contributed by atoms with E-state index in [0.717, 1.165) is 37.4 Å². The summed E-state index contributed by atoms with van der Waals surface area (Å²) in [5.41, 5.74) is 5.22. The van der Waals surface area contributed by atoms with E-state index in [4.69, 9.17) is 0 Å². The molecule has 0 amide bonds. The summed E-state index contributed by atoms with van der Waals surface area (Å²) in [6.07, 6.45) is 1.53. The fraction of sp³-hybridized carbons (Fsp3) is 0.143. The monoisotopic (exact) mass is 419 g/mol. The molecule has 4 aromatic heterocycles. The number of aryl methyl sites for hydroxylation is 1. The number of benzene rings is 1. The largest absolute Gasteiger partial charge is 0.360 e. The van der Waals surface area contributed by atoms with E-state index in [1.165, 1.54) is 17.7 Å². The Labute approximate surface area is 174 Å². The highest BCUT2D eigenvalue weighted by atomic mass is 32.1. The van der Waals surface area contributed by atoms with E-state index in [-0.39, 0.29) is 11.6 Å². The second-order valence-corrected chi connectivity index (χ2v) is 8.54. The molecule has 0 radical (unpaired) electrons. The van der Waals surface area contributed by atoms with E-state index < -0.39 is 0 Å². The number of thiophene rings is 1. The topological polar surface area (TPSA) is 72.7 Å². The molecule has 1 atom stereocenters. The first-order valence-electron chi connectivity index (χ1n) is 9.13. The summed E-state index contributed by atoms with van der Waals surface area (Å²) in [5, 5.41) is 6.24. The molecule has 1 N–H and O–H groups in total. The van der Waals surface area contributed by atoms with Crippen LogP contribution in [0.3, 0.4) is 0 Å². The van der Waals surface area contributed by atoms with E-state index >= 15 is 0 Å². The summed E-state index contributed by atoms with van der Waals surface area (Å²) in [6, 6.07) is 11.7. The number of aromatic nitrogens is 4. The van der Waals surface area contributed by atoms with Crippen LogP contribution in [0.1, 0.15) is 24.2 Å². The molecule has 0 aliphatic rings. The quantitative estimate of drug-likeness (QED) is 0.447. The number of hydrogen-bond acceptors (Lipinski definition) is 7. The smallest absolute Gasteiger partial charge is 0.264 e. The molecule has 0 spiro atoms. The van der Waals surface area contributed by atoms with Gasteiger partial charge in [-0.15, -0.1) is 22.7 Å². The second-order valence-electron chi connectivity index (χ2n) is 6.80. The molecular formula is C21H17N5OS2. The molecule has 6 nitrogen and oxygen atoms in total. The highest BCUT2D eigenvalue weighted by molar-refractivity contribution is 7.17. The minimum absolute atomic E-state index is 0.00223. The third-order valence-corrected chi connectivity index (χ3v) is 6.68. The molecule has 0 aliphatic carbocycles. The van der Waals surface area contributed by atoms with Crippen LogP contribution in [0.4, 0.5) is 5.82 Å². The average molecular weight is 420 g/mol. The molecule has 0 saturated heterocycles. The first-order valence-corrected chi connectivity index (χ1v) is 10.9. The fourth-order valence-corrected chi connectivity index (χ4v) is 5.12. The third-order valence-electron chi connectivity index (χ3n) is 4.90. The van der Waals surface area contributed by atoms with Crippen molar-refractivity contribution >= 4 is 48.9 Å². The lowest BCUT2D eigenvalue weighted by Crippen LogP contribution is -2.25. The Balaban J connectivity index is 1.69. The van der Waals surface area contributed by atoms with E-state index in [0.29, 0.717) is 5.82 Å². The Hall–Kier alpha value is -3.10. The van der Waals surface area contributed by atoms with Gasteiger partial charge < -0.3 is 5.32 Å². The zero-order chi connectivity index (χ0) is 20.0. The number of hydrogen-bond donors (Lipinski definition) is 1. The SMILES string of the molecule is Cc1csc2cc([C@H](C)Nc3ncnc4scnc34)n(-c3ccccc3)c(=O)c12. The lowest BCUT2D eigenvalue weighted by molar-refractivity contribution is 0.774. The first kappa shape index (κ1) is 18.0. The molecule has 5 rings (SSSR count). The zero-order valence-corrected chi connectivity index (χ0v) is 17.4. The summed E-state index contributed by atoms with van der Waals surface area (Å²) in [7, 11) is 0. The van der Waals surface area contributed by atoms with Crippen LogP contribution in [0, 0.1) is 6.92 Å². The van der Waals surface area contributed by atoms with E-state index in [2.05, 4.69) is 26.3 Å². The van der Waals surface area contributed by atoms with Gasteiger partial charge in [0.25, 0.3) is 5.56 Å². The van der Waals surface area contributed by atoms with Gasteiger partial charge in [0.15, 0.2) is 5.82 Å².